The second-order valence-electron chi connectivity index (χ2n) is 4.98. The molecule has 0 radical (unpaired) electrons. The number of nitrogens with one attached hydrogen (secondary N) is 1. The lowest BCUT2D eigenvalue weighted by molar-refractivity contribution is -0.122. The molecular formula is C16H21N3O2. The van der Waals surface area contributed by atoms with Crippen molar-refractivity contribution in [1.82, 2.24) is 15.1 Å². The number of rotatable bonds is 7. The third-order valence-electron chi connectivity index (χ3n) is 3.38. The lowest BCUT2D eigenvalue weighted by Crippen LogP contribution is -2.36. The number of aliphatic hydroxyl groups excluding tert-OH is 1. The van der Waals surface area contributed by atoms with Crippen LogP contribution in [0.1, 0.15) is 25.3 Å². The highest BCUT2D eigenvalue weighted by atomic mass is 16.3. The Bertz CT molecular complexity index is 562. The molecule has 2 aromatic rings. The van der Waals surface area contributed by atoms with Crippen LogP contribution in [-0.4, -0.2) is 33.4 Å². The molecule has 0 saturated heterocycles. The molecule has 1 aromatic heterocycles. The molecule has 5 heteroatoms. The summed E-state index contributed by atoms with van der Waals surface area (Å²) in [5.74, 6) is -0.0386. The molecule has 0 spiro atoms. The van der Waals surface area contributed by atoms with Gasteiger partial charge in [-0.1, -0.05) is 25.1 Å². The molecule has 0 bridgehead atoms. The molecule has 1 unspecified atom stereocenters. The van der Waals surface area contributed by atoms with Crippen LogP contribution in [0.3, 0.4) is 0 Å². The minimum absolute atomic E-state index is 0.0197. The Balaban J connectivity index is 1.87. The number of para-hydroxylation sites is 1. The first-order valence-electron chi connectivity index (χ1n) is 7.22. The number of benzene rings is 1. The maximum Gasteiger partial charge on any atom is 0.220 e. The van der Waals surface area contributed by atoms with Crippen molar-refractivity contribution in [2.24, 2.45) is 0 Å². The van der Waals surface area contributed by atoms with Gasteiger partial charge in [0.1, 0.15) is 0 Å². The molecule has 1 heterocycles. The number of aromatic nitrogens is 2. The summed E-state index contributed by atoms with van der Waals surface area (Å²) < 4.78 is 1.80. The minimum Gasteiger partial charge on any atom is -0.394 e. The maximum absolute atomic E-state index is 11.8. The Morgan fingerprint density at radius 3 is 2.81 bits per heavy atom. The van der Waals surface area contributed by atoms with Crippen molar-refractivity contribution in [2.75, 3.05) is 6.61 Å². The van der Waals surface area contributed by atoms with Crippen LogP contribution >= 0.6 is 0 Å². The summed E-state index contributed by atoms with van der Waals surface area (Å²) in [4.78, 5) is 11.8. The lowest BCUT2D eigenvalue weighted by atomic mass is 10.1. The van der Waals surface area contributed by atoms with E-state index >= 15 is 0 Å². The van der Waals surface area contributed by atoms with Crippen LogP contribution in [0.5, 0.6) is 0 Å². The molecule has 0 aliphatic rings. The zero-order valence-corrected chi connectivity index (χ0v) is 12.2. The predicted molar refractivity (Wildman–Crippen MR) is 81.2 cm³/mol. The molecule has 5 nitrogen and oxygen atoms in total. The summed E-state index contributed by atoms with van der Waals surface area (Å²) in [7, 11) is 0. The van der Waals surface area contributed by atoms with Crippen molar-refractivity contribution in [3.8, 4) is 5.69 Å². The summed E-state index contributed by atoms with van der Waals surface area (Å²) in [6.07, 6.45) is 5.49. The van der Waals surface area contributed by atoms with Crippen molar-refractivity contribution in [3.63, 3.8) is 0 Å². The van der Waals surface area contributed by atoms with E-state index in [0.717, 1.165) is 17.7 Å². The first-order chi connectivity index (χ1) is 10.2. The summed E-state index contributed by atoms with van der Waals surface area (Å²) in [5.41, 5.74) is 2.02. The second-order valence-corrected chi connectivity index (χ2v) is 4.98. The molecule has 2 N–H and O–H groups in total. The van der Waals surface area contributed by atoms with Crippen molar-refractivity contribution >= 4 is 5.91 Å². The Kier molecular flexibility index (Phi) is 5.51. The lowest BCUT2D eigenvalue weighted by Gasteiger charge is -2.13. The van der Waals surface area contributed by atoms with Crippen LogP contribution < -0.4 is 5.32 Å². The Morgan fingerprint density at radius 2 is 2.14 bits per heavy atom. The van der Waals surface area contributed by atoms with Crippen LogP contribution in [0.15, 0.2) is 42.7 Å². The number of hydrogen-bond acceptors (Lipinski definition) is 3. The molecule has 2 rings (SSSR count). The van der Waals surface area contributed by atoms with E-state index in [1.807, 2.05) is 43.5 Å². The molecule has 0 aliphatic heterocycles. The van der Waals surface area contributed by atoms with E-state index in [9.17, 15) is 4.79 Å². The largest absolute Gasteiger partial charge is 0.394 e. The van der Waals surface area contributed by atoms with Gasteiger partial charge in [0.15, 0.2) is 0 Å². The topological polar surface area (TPSA) is 67.2 Å². The Labute approximate surface area is 124 Å². The van der Waals surface area contributed by atoms with Gasteiger partial charge in [0.25, 0.3) is 0 Å². The van der Waals surface area contributed by atoms with Crippen molar-refractivity contribution in [3.05, 3.63) is 48.3 Å². The Hall–Kier alpha value is -2.14. The zero-order valence-electron chi connectivity index (χ0n) is 12.2. The third kappa shape index (κ3) is 4.43. The standard InChI is InChI=1S/C16H21N3O2/c1-2-14(12-20)18-16(21)9-8-13-10-17-19(11-13)15-6-4-3-5-7-15/h3-7,10-11,14,20H,2,8-9,12H2,1H3,(H,18,21). The van der Waals surface area contributed by atoms with Crippen molar-refractivity contribution < 1.29 is 9.90 Å². The number of amides is 1. The summed E-state index contributed by atoms with van der Waals surface area (Å²) in [5, 5.41) is 16.2. The number of carbonyl (C=O) groups excluding carboxylic acids is 1. The van der Waals surface area contributed by atoms with Crippen molar-refractivity contribution in [1.29, 1.82) is 0 Å². The molecular weight excluding hydrogens is 266 g/mol. The quantitative estimate of drug-likeness (QED) is 0.814. The van der Waals surface area contributed by atoms with Gasteiger partial charge in [-0.05, 0) is 30.5 Å². The molecule has 1 atom stereocenters. The first kappa shape index (κ1) is 15.3. The fraction of sp³-hybridized carbons (Fsp3) is 0.375. The van der Waals surface area contributed by atoms with Crippen molar-refractivity contribution in [2.45, 2.75) is 32.2 Å². The molecule has 1 amide bonds. The van der Waals surface area contributed by atoms with Gasteiger partial charge in [0.05, 0.1) is 24.5 Å². The Morgan fingerprint density at radius 1 is 1.38 bits per heavy atom. The average Bonchev–Trinajstić information content (AvgIpc) is 3.00. The van der Waals surface area contributed by atoms with Crippen LogP contribution in [0.4, 0.5) is 0 Å². The van der Waals surface area contributed by atoms with Gasteiger partial charge in [-0.25, -0.2) is 4.68 Å². The number of carbonyl (C=O) groups is 1. The van der Waals surface area contributed by atoms with E-state index in [-0.39, 0.29) is 18.6 Å². The van der Waals surface area contributed by atoms with Gasteiger partial charge in [0.2, 0.25) is 5.91 Å². The van der Waals surface area contributed by atoms with Gasteiger partial charge in [-0.2, -0.15) is 5.10 Å². The van der Waals surface area contributed by atoms with Gasteiger partial charge in [-0.3, -0.25) is 4.79 Å². The summed E-state index contributed by atoms with van der Waals surface area (Å²) >= 11 is 0. The van der Waals surface area contributed by atoms with E-state index in [4.69, 9.17) is 5.11 Å². The number of aliphatic hydroxyl groups is 1. The monoisotopic (exact) mass is 287 g/mol. The molecule has 0 fully saturated rings. The van der Waals surface area contributed by atoms with E-state index in [1.54, 1.807) is 10.9 Å². The normalized spacial score (nSPS) is 12.1. The number of aryl methyl sites for hydroxylation is 1. The smallest absolute Gasteiger partial charge is 0.220 e. The van der Waals surface area contributed by atoms with Gasteiger partial charge in [-0.15, -0.1) is 0 Å². The van der Waals surface area contributed by atoms with Gasteiger partial charge >= 0.3 is 0 Å². The van der Waals surface area contributed by atoms with Gasteiger partial charge < -0.3 is 10.4 Å². The summed E-state index contributed by atoms with van der Waals surface area (Å²) in [6, 6.07) is 9.70. The number of hydrogen-bond donors (Lipinski definition) is 2. The SMILES string of the molecule is CCC(CO)NC(=O)CCc1cnn(-c2ccccc2)c1. The first-order valence-corrected chi connectivity index (χ1v) is 7.22. The average molecular weight is 287 g/mol. The zero-order chi connectivity index (χ0) is 15.1. The fourth-order valence-corrected chi connectivity index (χ4v) is 2.05. The van der Waals surface area contributed by atoms with E-state index in [0.29, 0.717) is 12.8 Å². The fourth-order valence-electron chi connectivity index (χ4n) is 2.05. The molecule has 21 heavy (non-hydrogen) atoms. The molecule has 1 aromatic carbocycles. The second kappa shape index (κ2) is 7.59. The third-order valence-corrected chi connectivity index (χ3v) is 3.38. The maximum atomic E-state index is 11.8. The van der Waals surface area contributed by atoms with E-state index in [1.165, 1.54) is 0 Å². The predicted octanol–water partition coefficient (Wildman–Crippen LogP) is 1.69. The minimum atomic E-state index is -0.149. The highest BCUT2D eigenvalue weighted by Crippen LogP contribution is 2.09. The molecule has 0 aliphatic carbocycles. The van der Waals surface area contributed by atoms with Crippen LogP contribution in [0, 0.1) is 0 Å². The number of nitrogens with zero attached hydrogens (tertiary/aromatic N) is 2. The molecule has 0 saturated carbocycles. The van der Waals surface area contributed by atoms with Crippen LogP contribution in [-0.2, 0) is 11.2 Å². The molecule has 112 valence electrons. The summed E-state index contributed by atoms with van der Waals surface area (Å²) in [6.45, 7) is 1.92. The van der Waals surface area contributed by atoms with Crippen LogP contribution in [0.25, 0.3) is 5.69 Å². The van der Waals surface area contributed by atoms with Crippen LogP contribution in [0.2, 0.25) is 0 Å². The van der Waals surface area contributed by atoms with Gasteiger partial charge in [0, 0.05) is 12.6 Å². The van der Waals surface area contributed by atoms with E-state index < -0.39 is 0 Å². The van der Waals surface area contributed by atoms with E-state index in [2.05, 4.69) is 10.4 Å². The highest BCUT2D eigenvalue weighted by Gasteiger charge is 2.09. The highest BCUT2D eigenvalue weighted by molar-refractivity contribution is 5.76.